The molecule has 2 rings (SSSR count). The molecule has 0 amide bonds. The molecule has 1 aromatic rings. The summed E-state index contributed by atoms with van der Waals surface area (Å²) in [5.41, 5.74) is 0. The number of sulfonamides is 1. The molecule has 0 aliphatic carbocycles. The minimum Gasteiger partial charge on any atom is -0.380 e. The number of ether oxygens (including phenoxy) is 1. The van der Waals surface area contributed by atoms with Crippen LogP contribution in [-0.4, -0.2) is 63.6 Å². The number of rotatable bonds is 6. The molecule has 0 saturated carbocycles. The van der Waals surface area contributed by atoms with E-state index in [1.807, 2.05) is 6.92 Å². The molecule has 124 valence electrons. The Kier molecular flexibility index (Phi) is 6.49. The summed E-state index contributed by atoms with van der Waals surface area (Å²) in [5.74, 6) is 0. The molecular weight excluding hydrogens is 347 g/mol. The highest BCUT2D eigenvalue weighted by Crippen LogP contribution is 2.28. The molecule has 0 radical (unpaired) electrons. The van der Waals surface area contributed by atoms with Crippen molar-refractivity contribution >= 4 is 33.2 Å². The van der Waals surface area contributed by atoms with Crippen molar-refractivity contribution in [2.45, 2.75) is 11.8 Å². The topological polar surface area (TPSA) is 49.9 Å². The van der Waals surface area contributed by atoms with Crippen molar-refractivity contribution in [3.05, 3.63) is 28.2 Å². The summed E-state index contributed by atoms with van der Waals surface area (Å²) in [5, 5.41) is 0.557. The molecule has 0 bridgehead atoms. The molecule has 0 spiro atoms. The van der Waals surface area contributed by atoms with Crippen LogP contribution in [0.1, 0.15) is 6.92 Å². The molecule has 1 heterocycles. The van der Waals surface area contributed by atoms with Gasteiger partial charge >= 0.3 is 0 Å². The molecule has 5 nitrogen and oxygen atoms in total. The molecule has 8 heteroatoms. The van der Waals surface area contributed by atoms with Crippen molar-refractivity contribution in [1.29, 1.82) is 0 Å². The third-order valence-electron chi connectivity index (χ3n) is 3.60. The van der Waals surface area contributed by atoms with Crippen LogP contribution in [0.5, 0.6) is 0 Å². The second-order valence-corrected chi connectivity index (χ2v) is 7.77. The first-order chi connectivity index (χ1) is 10.4. The summed E-state index contributed by atoms with van der Waals surface area (Å²) in [4.78, 5) is 2.27. The van der Waals surface area contributed by atoms with E-state index in [4.69, 9.17) is 27.9 Å². The molecular formula is C14H20Cl2N2O3S. The van der Waals surface area contributed by atoms with Gasteiger partial charge in [0.25, 0.3) is 0 Å². The number of nitrogens with zero attached hydrogens (tertiary/aromatic N) is 2. The average Bonchev–Trinajstić information content (AvgIpc) is 2.50. The number of hydrogen-bond donors (Lipinski definition) is 0. The maximum absolute atomic E-state index is 12.7. The molecule has 1 aliphatic rings. The van der Waals surface area contributed by atoms with E-state index in [0.29, 0.717) is 44.4 Å². The zero-order chi connectivity index (χ0) is 16.2. The Labute approximate surface area is 141 Å². The second kappa shape index (κ2) is 7.95. The third kappa shape index (κ3) is 4.34. The first-order valence-corrected chi connectivity index (χ1v) is 9.40. The summed E-state index contributed by atoms with van der Waals surface area (Å²) in [6.07, 6.45) is 0. The molecule has 0 aromatic heterocycles. The van der Waals surface area contributed by atoms with E-state index < -0.39 is 10.0 Å². The lowest BCUT2D eigenvalue weighted by molar-refractivity contribution is 0.0979. The van der Waals surface area contributed by atoms with Crippen molar-refractivity contribution in [2.75, 3.05) is 45.9 Å². The van der Waals surface area contributed by atoms with Crippen LogP contribution >= 0.6 is 23.2 Å². The Hall–Kier alpha value is -0.370. The number of piperazine rings is 1. The van der Waals surface area contributed by atoms with Crippen LogP contribution in [0.25, 0.3) is 0 Å². The molecule has 1 aromatic carbocycles. The number of hydrogen-bond acceptors (Lipinski definition) is 4. The first kappa shape index (κ1) is 18.0. The van der Waals surface area contributed by atoms with Gasteiger partial charge in [0.15, 0.2) is 0 Å². The fourth-order valence-corrected chi connectivity index (χ4v) is 4.50. The predicted molar refractivity (Wildman–Crippen MR) is 88.2 cm³/mol. The first-order valence-electron chi connectivity index (χ1n) is 7.20. The zero-order valence-corrected chi connectivity index (χ0v) is 14.8. The summed E-state index contributed by atoms with van der Waals surface area (Å²) in [6, 6.07) is 4.49. The van der Waals surface area contributed by atoms with E-state index in [1.165, 1.54) is 16.4 Å². The monoisotopic (exact) mass is 366 g/mol. The van der Waals surface area contributed by atoms with E-state index in [0.717, 1.165) is 6.54 Å². The van der Waals surface area contributed by atoms with E-state index in [-0.39, 0.29) is 9.92 Å². The van der Waals surface area contributed by atoms with Crippen molar-refractivity contribution in [1.82, 2.24) is 9.21 Å². The van der Waals surface area contributed by atoms with Gasteiger partial charge in [0.2, 0.25) is 10.0 Å². The Morgan fingerprint density at radius 1 is 1.18 bits per heavy atom. The molecule has 1 saturated heterocycles. The normalized spacial score (nSPS) is 17.8. The highest BCUT2D eigenvalue weighted by molar-refractivity contribution is 7.89. The second-order valence-electron chi connectivity index (χ2n) is 5.02. The van der Waals surface area contributed by atoms with Gasteiger partial charge in [-0.15, -0.1) is 0 Å². The molecule has 0 atom stereocenters. The van der Waals surface area contributed by atoms with E-state index in [1.54, 1.807) is 6.07 Å². The molecule has 0 unspecified atom stereocenters. The fourth-order valence-electron chi connectivity index (χ4n) is 2.35. The quantitative estimate of drug-likeness (QED) is 0.725. The van der Waals surface area contributed by atoms with Gasteiger partial charge in [0.1, 0.15) is 4.90 Å². The van der Waals surface area contributed by atoms with Crippen molar-refractivity contribution in [3.8, 4) is 0 Å². The highest BCUT2D eigenvalue weighted by atomic mass is 35.5. The van der Waals surface area contributed by atoms with Crippen LogP contribution in [-0.2, 0) is 14.8 Å². The molecule has 22 heavy (non-hydrogen) atoms. The van der Waals surface area contributed by atoms with E-state index >= 15 is 0 Å². The predicted octanol–water partition coefficient (Wildman–Crippen LogP) is 2.34. The fraction of sp³-hybridized carbons (Fsp3) is 0.571. The standard InChI is InChI=1S/C14H20Cl2N2O3S/c1-2-21-10-9-17-5-7-18(8-6-17)22(19,20)14-11-12(15)3-4-13(14)16/h3-4,11H,2,5-10H2,1H3. The summed E-state index contributed by atoms with van der Waals surface area (Å²) >= 11 is 11.9. The van der Waals surface area contributed by atoms with Crippen LogP contribution in [0.2, 0.25) is 10.0 Å². The van der Waals surface area contributed by atoms with Gasteiger partial charge in [-0.3, -0.25) is 4.90 Å². The van der Waals surface area contributed by atoms with Gasteiger partial charge in [-0.25, -0.2) is 8.42 Å². The van der Waals surface area contributed by atoms with Crippen molar-refractivity contribution < 1.29 is 13.2 Å². The average molecular weight is 367 g/mol. The minimum atomic E-state index is -3.60. The lowest BCUT2D eigenvalue weighted by Crippen LogP contribution is -2.49. The van der Waals surface area contributed by atoms with Crippen LogP contribution in [0.3, 0.4) is 0 Å². The smallest absolute Gasteiger partial charge is 0.244 e. The largest absolute Gasteiger partial charge is 0.380 e. The summed E-state index contributed by atoms with van der Waals surface area (Å²) in [6.45, 7) is 6.40. The van der Waals surface area contributed by atoms with Crippen LogP contribution in [0.15, 0.2) is 23.1 Å². The van der Waals surface area contributed by atoms with Gasteiger partial charge in [0.05, 0.1) is 11.6 Å². The third-order valence-corrected chi connectivity index (χ3v) is 6.21. The van der Waals surface area contributed by atoms with Crippen molar-refractivity contribution in [3.63, 3.8) is 0 Å². The van der Waals surface area contributed by atoms with Gasteiger partial charge in [0, 0.05) is 44.4 Å². The summed E-state index contributed by atoms with van der Waals surface area (Å²) < 4.78 is 32.1. The summed E-state index contributed by atoms with van der Waals surface area (Å²) in [7, 11) is -3.60. The van der Waals surface area contributed by atoms with Gasteiger partial charge in [-0.2, -0.15) is 4.31 Å². The van der Waals surface area contributed by atoms with Gasteiger partial charge < -0.3 is 4.74 Å². The molecule has 1 fully saturated rings. The SMILES string of the molecule is CCOCCN1CCN(S(=O)(=O)c2cc(Cl)ccc2Cl)CC1. The highest BCUT2D eigenvalue weighted by Gasteiger charge is 2.30. The maximum atomic E-state index is 12.7. The number of halogens is 2. The van der Waals surface area contributed by atoms with Gasteiger partial charge in [-0.05, 0) is 25.1 Å². The molecule has 0 N–H and O–H groups in total. The lowest BCUT2D eigenvalue weighted by Gasteiger charge is -2.34. The van der Waals surface area contributed by atoms with Crippen LogP contribution in [0, 0.1) is 0 Å². The van der Waals surface area contributed by atoms with E-state index in [9.17, 15) is 8.42 Å². The minimum absolute atomic E-state index is 0.0735. The van der Waals surface area contributed by atoms with E-state index in [2.05, 4.69) is 4.90 Å². The van der Waals surface area contributed by atoms with Crippen LogP contribution < -0.4 is 0 Å². The zero-order valence-electron chi connectivity index (χ0n) is 12.5. The Morgan fingerprint density at radius 2 is 1.86 bits per heavy atom. The van der Waals surface area contributed by atoms with Crippen LogP contribution in [0.4, 0.5) is 0 Å². The Bertz CT molecular complexity index is 602. The maximum Gasteiger partial charge on any atom is 0.244 e. The molecule has 1 aliphatic heterocycles. The number of benzene rings is 1. The van der Waals surface area contributed by atoms with Gasteiger partial charge in [-0.1, -0.05) is 23.2 Å². The van der Waals surface area contributed by atoms with Crippen molar-refractivity contribution in [2.24, 2.45) is 0 Å². The Morgan fingerprint density at radius 3 is 2.50 bits per heavy atom. The lowest BCUT2D eigenvalue weighted by atomic mass is 10.3. The Balaban J connectivity index is 2.02.